The van der Waals surface area contributed by atoms with E-state index in [4.69, 9.17) is 4.74 Å². The maximum atomic E-state index is 12.4. The molecule has 1 atom stereocenters. The van der Waals surface area contributed by atoms with E-state index in [0.717, 1.165) is 22.3 Å². The van der Waals surface area contributed by atoms with E-state index in [2.05, 4.69) is 25.8 Å². The van der Waals surface area contributed by atoms with E-state index in [1.165, 1.54) is 0 Å². The lowest BCUT2D eigenvalue weighted by atomic mass is 9.88. The highest BCUT2D eigenvalue weighted by molar-refractivity contribution is 5.92. The van der Waals surface area contributed by atoms with Crippen LogP contribution >= 0.6 is 0 Å². The van der Waals surface area contributed by atoms with E-state index >= 15 is 0 Å². The van der Waals surface area contributed by atoms with Gasteiger partial charge in [0.2, 0.25) is 5.82 Å². The molecule has 0 radical (unpaired) electrons. The molecule has 0 bridgehead atoms. The molecule has 1 aliphatic carbocycles. The van der Waals surface area contributed by atoms with Gasteiger partial charge < -0.3 is 15.2 Å². The molecule has 176 valence electrons. The molecule has 1 aromatic heterocycles. The number of aromatic amines is 1. The lowest BCUT2D eigenvalue weighted by Gasteiger charge is -2.22. The lowest BCUT2D eigenvalue weighted by Crippen LogP contribution is -2.40. The molecule has 3 aromatic rings. The number of benzene rings is 2. The van der Waals surface area contributed by atoms with Crippen molar-refractivity contribution in [2.45, 2.75) is 26.2 Å². The Bertz CT molecular complexity index is 1190. The summed E-state index contributed by atoms with van der Waals surface area (Å²) >= 11 is 0. The number of hydrogen-bond acceptors (Lipinski definition) is 6. The number of aliphatic carboxylic acids is 1. The van der Waals surface area contributed by atoms with Gasteiger partial charge in [0.15, 0.2) is 0 Å². The summed E-state index contributed by atoms with van der Waals surface area (Å²) in [5, 5.41) is 20.5. The van der Waals surface area contributed by atoms with Gasteiger partial charge in [-0.25, -0.2) is 4.79 Å². The van der Waals surface area contributed by atoms with Crippen molar-refractivity contribution < 1.29 is 24.2 Å². The largest absolute Gasteiger partial charge is 0.481 e. The minimum Gasteiger partial charge on any atom is -0.481 e. The van der Waals surface area contributed by atoms with Crippen molar-refractivity contribution in [3.8, 4) is 11.1 Å². The smallest absolute Gasteiger partial charge is 0.414 e. The Morgan fingerprint density at radius 2 is 1.71 bits per heavy atom. The minimum absolute atomic E-state index is 0.0759. The second-order valence-electron chi connectivity index (χ2n) is 8.36. The van der Waals surface area contributed by atoms with Gasteiger partial charge in [0, 0.05) is 12.5 Å². The fourth-order valence-electron chi connectivity index (χ4n) is 3.86. The van der Waals surface area contributed by atoms with Crippen LogP contribution in [-0.4, -0.2) is 51.4 Å². The van der Waals surface area contributed by atoms with Crippen molar-refractivity contribution in [3.05, 3.63) is 65.5 Å². The van der Waals surface area contributed by atoms with Gasteiger partial charge in [-0.05, 0) is 35.6 Å². The third-order valence-electron chi connectivity index (χ3n) is 6.19. The number of amides is 2. The van der Waals surface area contributed by atoms with Gasteiger partial charge in [-0.1, -0.05) is 55.5 Å². The molecule has 0 aliphatic heterocycles. The van der Waals surface area contributed by atoms with Crippen LogP contribution in [0, 0.1) is 5.41 Å². The van der Waals surface area contributed by atoms with E-state index in [9.17, 15) is 19.5 Å². The van der Waals surface area contributed by atoms with E-state index in [0.29, 0.717) is 6.42 Å². The number of ether oxygens (including phenoxy) is 1. The highest BCUT2D eigenvalue weighted by Crippen LogP contribution is 2.44. The highest BCUT2D eigenvalue weighted by atomic mass is 16.5. The fourth-order valence-corrected chi connectivity index (χ4v) is 3.86. The summed E-state index contributed by atoms with van der Waals surface area (Å²) < 4.78 is 5.44. The Labute approximate surface area is 195 Å². The molecule has 0 spiro atoms. The number of carboxylic acids is 1. The van der Waals surface area contributed by atoms with Crippen LogP contribution < -0.4 is 10.6 Å². The second-order valence-corrected chi connectivity index (χ2v) is 8.36. The average molecular weight is 463 g/mol. The molecule has 2 aromatic carbocycles. The summed E-state index contributed by atoms with van der Waals surface area (Å²) in [4.78, 5) is 39.9. The van der Waals surface area contributed by atoms with Crippen LogP contribution in [0.1, 0.15) is 47.9 Å². The number of nitrogens with zero attached hydrogens (tertiary/aromatic N) is 2. The molecular weight excluding hydrogens is 438 g/mol. The first-order chi connectivity index (χ1) is 16.3. The van der Waals surface area contributed by atoms with Crippen molar-refractivity contribution in [2.75, 3.05) is 18.5 Å². The van der Waals surface area contributed by atoms with Crippen LogP contribution in [0.25, 0.3) is 11.1 Å². The van der Waals surface area contributed by atoms with Gasteiger partial charge in [-0.3, -0.25) is 20.0 Å². The predicted molar refractivity (Wildman–Crippen MR) is 123 cm³/mol. The molecule has 10 heteroatoms. The van der Waals surface area contributed by atoms with Gasteiger partial charge >= 0.3 is 12.1 Å². The summed E-state index contributed by atoms with van der Waals surface area (Å²) in [6, 6.07) is 16.0. The Morgan fingerprint density at radius 1 is 1.09 bits per heavy atom. The van der Waals surface area contributed by atoms with Gasteiger partial charge in [0.1, 0.15) is 6.61 Å². The first-order valence-electron chi connectivity index (χ1n) is 10.9. The predicted octanol–water partition coefficient (Wildman–Crippen LogP) is 3.40. The standard InChI is InChI=1S/C24H25N5O5/c1-3-24(2,21(31)32)13-25-20(30)19-26-22(29-28-19)27-23(33)34-12-18-16-10-6-4-8-14(16)15-9-5-7-11-17(15)18/h4-11,18H,3,12-13H2,1-2H3,(H,25,30)(H,31,32)(H2,26,27,28,29,33). The summed E-state index contributed by atoms with van der Waals surface area (Å²) in [5.41, 5.74) is 3.33. The number of fused-ring (bicyclic) bond motifs is 3. The van der Waals surface area contributed by atoms with Crippen LogP contribution in [-0.2, 0) is 9.53 Å². The Morgan fingerprint density at radius 3 is 2.29 bits per heavy atom. The topological polar surface area (TPSA) is 146 Å². The Kier molecular flexibility index (Phi) is 6.31. The maximum Gasteiger partial charge on any atom is 0.414 e. The Hall–Kier alpha value is -4.21. The molecule has 0 fully saturated rings. The normalized spacial score (nSPS) is 13.9. The first kappa shape index (κ1) is 23.0. The van der Waals surface area contributed by atoms with Gasteiger partial charge in [-0.2, -0.15) is 4.98 Å². The average Bonchev–Trinajstić information content (AvgIpc) is 3.43. The fraction of sp³-hybridized carbons (Fsp3) is 0.292. The minimum atomic E-state index is -1.10. The van der Waals surface area contributed by atoms with E-state index in [1.54, 1.807) is 13.8 Å². The molecule has 10 nitrogen and oxygen atoms in total. The molecule has 1 heterocycles. The van der Waals surface area contributed by atoms with Crippen molar-refractivity contribution in [1.29, 1.82) is 0 Å². The number of anilines is 1. The third kappa shape index (κ3) is 4.47. The molecule has 2 amide bonds. The number of H-pyrrole nitrogens is 1. The SMILES string of the molecule is CCC(C)(CNC(=O)c1nc(NC(=O)OCC2c3ccccc3-c3ccccc32)n[nH]1)C(=O)O. The van der Waals surface area contributed by atoms with Crippen molar-refractivity contribution >= 4 is 23.9 Å². The zero-order valence-corrected chi connectivity index (χ0v) is 18.8. The van der Waals surface area contributed by atoms with Crippen LogP contribution in [0.15, 0.2) is 48.5 Å². The molecule has 4 rings (SSSR count). The summed E-state index contributed by atoms with van der Waals surface area (Å²) in [6.07, 6.45) is -0.412. The molecule has 1 aliphatic rings. The molecule has 1 unspecified atom stereocenters. The van der Waals surface area contributed by atoms with Crippen molar-refractivity contribution in [1.82, 2.24) is 20.5 Å². The lowest BCUT2D eigenvalue weighted by molar-refractivity contribution is -0.147. The third-order valence-corrected chi connectivity index (χ3v) is 6.19. The summed E-state index contributed by atoms with van der Waals surface area (Å²) in [6.45, 7) is 3.32. The van der Waals surface area contributed by atoms with E-state index in [1.807, 2.05) is 48.5 Å². The molecule has 0 saturated heterocycles. The van der Waals surface area contributed by atoms with Crippen molar-refractivity contribution in [3.63, 3.8) is 0 Å². The monoisotopic (exact) mass is 463 g/mol. The van der Waals surface area contributed by atoms with Gasteiger partial charge in [-0.15, -0.1) is 5.10 Å². The molecule has 4 N–H and O–H groups in total. The molecular formula is C24H25N5O5. The zero-order valence-electron chi connectivity index (χ0n) is 18.8. The zero-order chi connectivity index (χ0) is 24.3. The van der Waals surface area contributed by atoms with Crippen molar-refractivity contribution in [2.24, 2.45) is 5.41 Å². The number of carboxylic acid groups (broad SMARTS) is 1. The van der Waals surface area contributed by atoms with Gasteiger partial charge in [0.05, 0.1) is 5.41 Å². The molecule has 34 heavy (non-hydrogen) atoms. The van der Waals surface area contributed by atoms with E-state index in [-0.39, 0.29) is 30.8 Å². The second kappa shape index (κ2) is 9.34. The van der Waals surface area contributed by atoms with Crippen LogP contribution in [0.5, 0.6) is 0 Å². The maximum absolute atomic E-state index is 12.4. The van der Waals surface area contributed by atoms with Gasteiger partial charge in [0.25, 0.3) is 11.9 Å². The first-order valence-corrected chi connectivity index (χ1v) is 10.9. The number of nitrogens with one attached hydrogen (secondary N) is 3. The van der Waals surface area contributed by atoms with Crippen LogP contribution in [0.3, 0.4) is 0 Å². The number of carbonyl (C=O) groups is 3. The van der Waals surface area contributed by atoms with E-state index < -0.39 is 23.4 Å². The summed E-state index contributed by atoms with van der Waals surface area (Å²) in [7, 11) is 0. The summed E-state index contributed by atoms with van der Waals surface area (Å²) in [5.74, 6) is -2.01. The molecule has 0 saturated carbocycles. The Balaban J connectivity index is 1.34. The number of rotatable bonds is 8. The van der Waals surface area contributed by atoms with Crippen LogP contribution in [0.4, 0.5) is 10.7 Å². The quantitative estimate of drug-likeness (QED) is 0.400. The van der Waals surface area contributed by atoms with Crippen LogP contribution in [0.2, 0.25) is 0 Å². The number of aromatic nitrogens is 3. The highest BCUT2D eigenvalue weighted by Gasteiger charge is 2.32. The number of hydrogen-bond donors (Lipinski definition) is 4. The number of carbonyl (C=O) groups excluding carboxylic acids is 2.